The van der Waals surface area contributed by atoms with Crippen LogP contribution in [-0.2, 0) is 19.5 Å². The van der Waals surface area contributed by atoms with Crippen molar-refractivity contribution < 1.29 is 0 Å². The Labute approximate surface area is 79.9 Å². The SMILES string of the molecule is CCn1ncc(CN)c1CC(C)C. The lowest BCUT2D eigenvalue weighted by Gasteiger charge is -2.09. The van der Waals surface area contributed by atoms with Gasteiger partial charge in [-0.25, -0.2) is 0 Å². The van der Waals surface area contributed by atoms with Crippen molar-refractivity contribution in [3.63, 3.8) is 0 Å². The Balaban J connectivity index is 2.91. The van der Waals surface area contributed by atoms with E-state index in [2.05, 4.69) is 25.9 Å². The molecule has 0 aliphatic heterocycles. The highest BCUT2D eigenvalue weighted by molar-refractivity contribution is 5.17. The summed E-state index contributed by atoms with van der Waals surface area (Å²) in [6.45, 7) is 8.07. The summed E-state index contributed by atoms with van der Waals surface area (Å²) in [7, 11) is 0. The predicted molar refractivity (Wildman–Crippen MR) is 54.3 cm³/mol. The van der Waals surface area contributed by atoms with Gasteiger partial charge in [-0.1, -0.05) is 13.8 Å². The molecular formula is C10H19N3. The summed E-state index contributed by atoms with van der Waals surface area (Å²) in [5.41, 5.74) is 8.14. The second-order valence-corrected chi connectivity index (χ2v) is 3.73. The normalized spacial score (nSPS) is 11.2. The molecule has 0 aliphatic carbocycles. The highest BCUT2D eigenvalue weighted by Crippen LogP contribution is 2.13. The van der Waals surface area contributed by atoms with Gasteiger partial charge in [-0.3, -0.25) is 4.68 Å². The first kappa shape index (κ1) is 10.3. The van der Waals surface area contributed by atoms with Crippen LogP contribution in [0.25, 0.3) is 0 Å². The lowest BCUT2D eigenvalue weighted by Crippen LogP contribution is -2.09. The molecule has 0 spiro atoms. The molecule has 1 heterocycles. The summed E-state index contributed by atoms with van der Waals surface area (Å²) in [6.07, 6.45) is 2.96. The minimum Gasteiger partial charge on any atom is -0.326 e. The average Bonchev–Trinajstić information content (AvgIpc) is 2.46. The molecule has 2 N–H and O–H groups in total. The number of nitrogens with zero attached hydrogens (tertiary/aromatic N) is 2. The van der Waals surface area contributed by atoms with Crippen molar-refractivity contribution >= 4 is 0 Å². The van der Waals surface area contributed by atoms with E-state index in [1.165, 1.54) is 11.3 Å². The Morgan fingerprint density at radius 2 is 2.23 bits per heavy atom. The maximum Gasteiger partial charge on any atom is 0.0537 e. The minimum atomic E-state index is 0.599. The fraction of sp³-hybridized carbons (Fsp3) is 0.700. The van der Waals surface area contributed by atoms with Crippen molar-refractivity contribution in [2.45, 2.75) is 40.3 Å². The maximum absolute atomic E-state index is 5.64. The monoisotopic (exact) mass is 181 g/mol. The standard InChI is InChI=1S/C10H19N3/c1-4-13-10(5-8(2)3)9(6-11)7-12-13/h7-8H,4-6,11H2,1-3H3. The molecule has 0 aliphatic rings. The molecular weight excluding hydrogens is 162 g/mol. The summed E-state index contributed by atoms with van der Waals surface area (Å²) in [5.74, 6) is 0.660. The van der Waals surface area contributed by atoms with Crippen molar-refractivity contribution in [1.29, 1.82) is 0 Å². The molecule has 13 heavy (non-hydrogen) atoms. The zero-order valence-corrected chi connectivity index (χ0v) is 8.75. The van der Waals surface area contributed by atoms with Crippen LogP contribution in [0.3, 0.4) is 0 Å². The van der Waals surface area contributed by atoms with Crippen LogP contribution in [0.4, 0.5) is 0 Å². The summed E-state index contributed by atoms with van der Waals surface area (Å²) < 4.78 is 2.04. The fourth-order valence-electron chi connectivity index (χ4n) is 1.52. The Morgan fingerprint density at radius 1 is 1.54 bits per heavy atom. The minimum absolute atomic E-state index is 0.599. The number of aromatic nitrogens is 2. The van der Waals surface area contributed by atoms with E-state index in [9.17, 15) is 0 Å². The molecule has 3 nitrogen and oxygen atoms in total. The number of rotatable bonds is 4. The average molecular weight is 181 g/mol. The molecule has 74 valence electrons. The first-order valence-corrected chi connectivity index (χ1v) is 4.92. The fourth-order valence-corrected chi connectivity index (χ4v) is 1.52. The van der Waals surface area contributed by atoms with E-state index >= 15 is 0 Å². The number of hydrogen-bond donors (Lipinski definition) is 1. The second-order valence-electron chi connectivity index (χ2n) is 3.73. The molecule has 0 saturated carbocycles. The van der Waals surface area contributed by atoms with Crippen LogP contribution in [0.2, 0.25) is 0 Å². The molecule has 1 rings (SSSR count). The third kappa shape index (κ3) is 2.31. The van der Waals surface area contributed by atoms with E-state index < -0.39 is 0 Å². The second kappa shape index (κ2) is 4.42. The van der Waals surface area contributed by atoms with Crippen LogP contribution in [0.5, 0.6) is 0 Å². The van der Waals surface area contributed by atoms with Gasteiger partial charge in [0, 0.05) is 24.3 Å². The zero-order valence-electron chi connectivity index (χ0n) is 8.75. The summed E-state index contributed by atoms with van der Waals surface area (Å²) in [5, 5.41) is 4.30. The largest absolute Gasteiger partial charge is 0.326 e. The molecule has 0 saturated heterocycles. The van der Waals surface area contributed by atoms with Crippen LogP contribution >= 0.6 is 0 Å². The molecule has 1 aromatic rings. The first-order chi connectivity index (χ1) is 6.19. The smallest absolute Gasteiger partial charge is 0.0537 e. The van der Waals surface area contributed by atoms with E-state index in [1.54, 1.807) is 0 Å². The van der Waals surface area contributed by atoms with Gasteiger partial charge in [0.1, 0.15) is 0 Å². The van der Waals surface area contributed by atoms with Gasteiger partial charge in [0.25, 0.3) is 0 Å². The molecule has 0 amide bonds. The van der Waals surface area contributed by atoms with Crippen molar-refractivity contribution in [2.24, 2.45) is 11.7 Å². The van der Waals surface area contributed by atoms with Crippen LogP contribution < -0.4 is 5.73 Å². The van der Waals surface area contributed by atoms with Gasteiger partial charge in [0.2, 0.25) is 0 Å². The van der Waals surface area contributed by atoms with Crippen LogP contribution in [0, 0.1) is 5.92 Å². The Kier molecular flexibility index (Phi) is 3.48. The first-order valence-electron chi connectivity index (χ1n) is 4.92. The molecule has 0 bridgehead atoms. The Morgan fingerprint density at radius 3 is 2.69 bits per heavy atom. The van der Waals surface area contributed by atoms with Gasteiger partial charge in [-0.2, -0.15) is 5.10 Å². The van der Waals surface area contributed by atoms with Gasteiger partial charge >= 0.3 is 0 Å². The van der Waals surface area contributed by atoms with E-state index in [0.29, 0.717) is 12.5 Å². The van der Waals surface area contributed by atoms with Gasteiger partial charge in [-0.15, -0.1) is 0 Å². The third-order valence-electron chi connectivity index (χ3n) is 2.16. The summed E-state index contributed by atoms with van der Waals surface area (Å²) >= 11 is 0. The van der Waals surface area contributed by atoms with Crippen LogP contribution in [0.15, 0.2) is 6.20 Å². The predicted octanol–water partition coefficient (Wildman–Crippen LogP) is 1.56. The van der Waals surface area contributed by atoms with Gasteiger partial charge in [0.05, 0.1) is 6.20 Å². The third-order valence-corrected chi connectivity index (χ3v) is 2.16. The van der Waals surface area contributed by atoms with Gasteiger partial charge in [-0.05, 0) is 19.3 Å². The van der Waals surface area contributed by atoms with Gasteiger partial charge < -0.3 is 5.73 Å². The molecule has 1 aromatic heterocycles. The van der Waals surface area contributed by atoms with E-state index in [0.717, 1.165) is 13.0 Å². The van der Waals surface area contributed by atoms with Crippen LogP contribution in [0.1, 0.15) is 32.0 Å². The van der Waals surface area contributed by atoms with Gasteiger partial charge in [0.15, 0.2) is 0 Å². The Bertz CT molecular complexity index is 242. The zero-order chi connectivity index (χ0) is 9.84. The molecule has 0 fully saturated rings. The molecule has 0 atom stereocenters. The quantitative estimate of drug-likeness (QED) is 0.766. The molecule has 0 radical (unpaired) electrons. The van der Waals surface area contributed by atoms with Crippen LogP contribution in [-0.4, -0.2) is 9.78 Å². The lowest BCUT2D eigenvalue weighted by atomic mass is 10.1. The lowest BCUT2D eigenvalue weighted by molar-refractivity contribution is 0.559. The summed E-state index contributed by atoms with van der Waals surface area (Å²) in [4.78, 5) is 0. The topological polar surface area (TPSA) is 43.8 Å². The number of nitrogens with two attached hydrogens (primary N) is 1. The van der Waals surface area contributed by atoms with Crippen molar-refractivity contribution in [3.8, 4) is 0 Å². The highest BCUT2D eigenvalue weighted by Gasteiger charge is 2.09. The number of hydrogen-bond acceptors (Lipinski definition) is 2. The van der Waals surface area contributed by atoms with E-state index in [4.69, 9.17) is 5.73 Å². The Hall–Kier alpha value is -0.830. The molecule has 0 aromatic carbocycles. The van der Waals surface area contributed by atoms with Crippen molar-refractivity contribution in [3.05, 3.63) is 17.5 Å². The maximum atomic E-state index is 5.64. The molecule has 3 heteroatoms. The number of aryl methyl sites for hydroxylation is 1. The summed E-state index contributed by atoms with van der Waals surface area (Å²) in [6, 6.07) is 0. The molecule has 0 unspecified atom stereocenters. The van der Waals surface area contributed by atoms with Crippen molar-refractivity contribution in [1.82, 2.24) is 9.78 Å². The van der Waals surface area contributed by atoms with E-state index in [1.807, 2.05) is 10.9 Å². The van der Waals surface area contributed by atoms with Crippen molar-refractivity contribution in [2.75, 3.05) is 0 Å². The van der Waals surface area contributed by atoms with E-state index in [-0.39, 0.29) is 0 Å². The highest BCUT2D eigenvalue weighted by atomic mass is 15.3.